The van der Waals surface area contributed by atoms with Crippen LogP contribution in [0.25, 0.3) is 0 Å². The van der Waals surface area contributed by atoms with Crippen LogP contribution in [0.5, 0.6) is 0 Å². The number of hydrogen-bond donors (Lipinski definition) is 5. The minimum Gasteiger partial charge on any atom is -0.480 e. The predicted octanol–water partition coefficient (Wildman–Crippen LogP) is 0.429. The maximum absolute atomic E-state index is 12.8. The van der Waals surface area contributed by atoms with Crippen LogP contribution in [0, 0.1) is 11.8 Å². The largest absolute Gasteiger partial charge is 0.480 e. The number of carboxylic acids is 1. The molecule has 3 amide bonds. The molecule has 1 rings (SSSR count). The molecule has 31 heavy (non-hydrogen) atoms. The number of rotatable bonds is 12. The smallest absolute Gasteiger partial charge is 0.326 e. The van der Waals surface area contributed by atoms with E-state index in [1.165, 1.54) is 0 Å². The van der Waals surface area contributed by atoms with E-state index in [4.69, 9.17) is 5.73 Å². The highest BCUT2D eigenvalue weighted by Gasteiger charge is 2.29. The van der Waals surface area contributed by atoms with Gasteiger partial charge in [0.25, 0.3) is 0 Å². The van der Waals surface area contributed by atoms with Crippen LogP contribution in [0.4, 0.5) is 0 Å². The maximum Gasteiger partial charge on any atom is 0.326 e. The molecular formula is C22H34N4O5. The molecule has 4 atom stereocenters. The monoisotopic (exact) mass is 434 g/mol. The summed E-state index contributed by atoms with van der Waals surface area (Å²) in [6.45, 7) is 6.78. The molecule has 0 aliphatic rings. The van der Waals surface area contributed by atoms with E-state index in [9.17, 15) is 24.3 Å². The van der Waals surface area contributed by atoms with Crippen LogP contribution in [0.1, 0.15) is 39.7 Å². The summed E-state index contributed by atoms with van der Waals surface area (Å²) in [4.78, 5) is 48.7. The van der Waals surface area contributed by atoms with Crippen molar-refractivity contribution in [3.8, 4) is 0 Å². The second-order valence-corrected chi connectivity index (χ2v) is 8.01. The molecule has 0 saturated carbocycles. The molecule has 0 heterocycles. The van der Waals surface area contributed by atoms with E-state index >= 15 is 0 Å². The highest BCUT2D eigenvalue weighted by atomic mass is 16.4. The van der Waals surface area contributed by atoms with Gasteiger partial charge in [-0.15, -0.1) is 0 Å². The van der Waals surface area contributed by atoms with Gasteiger partial charge in [0, 0.05) is 6.42 Å². The summed E-state index contributed by atoms with van der Waals surface area (Å²) in [5.41, 5.74) is 6.65. The Hall–Kier alpha value is -2.94. The van der Waals surface area contributed by atoms with Crippen molar-refractivity contribution in [2.45, 2.75) is 58.7 Å². The predicted molar refractivity (Wildman–Crippen MR) is 117 cm³/mol. The first-order chi connectivity index (χ1) is 14.6. The Morgan fingerprint density at radius 1 is 1.00 bits per heavy atom. The van der Waals surface area contributed by atoms with E-state index in [1.807, 2.05) is 19.9 Å². The minimum atomic E-state index is -1.15. The molecule has 0 spiro atoms. The van der Waals surface area contributed by atoms with E-state index < -0.39 is 41.8 Å². The molecule has 0 aromatic heterocycles. The van der Waals surface area contributed by atoms with Crippen LogP contribution < -0.4 is 21.7 Å². The molecule has 9 nitrogen and oxygen atoms in total. The third kappa shape index (κ3) is 8.75. The number of benzene rings is 1. The van der Waals surface area contributed by atoms with E-state index in [1.54, 1.807) is 38.1 Å². The quantitative estimate of drug-likeness (QED) is 0.322. The Bertz CT molecular complexity index is 754. The first kappa shape index (κ1) is 26.1. The zero-order valence-corrected chi connectivity index (χ0v) is 18.6. The van der Waals surface area contributed by atoms with Crippen molar-refractivity contribution in [3.63, 3.8) is 0 Å². The van der Waals surface area contributed by atoms with Gasteiger partial charge in [-0.05, 0) is 17.4 Å². The van der Waals surface area contributed by atoms with E-state index in [0.29, 0.717) is 0 Å². The van der Waals surface area contributed by atoms with Crippen molar-refractivity contribution in [2.24, 2.45) is 17.6 Å². The third-order valence-corrected chi connectivity index (χ3v) is 5.15. The van der Waals surface area contributed by atoms with E-state index in [-0.39, 0.29) is 24.8 Å². The lowest BCUT2D eigenvalue weighted by atomic mass is 9.99. The number of nitrogens with two attached hydrogens (primary N) is 1. The highest BCUT2D eigenvalue weighted by Crippen LogP contribution is 2.07. The average molecular weight is 435 g/mol. The molecule has 0 bridgehead atoms. The summed E-state index contributed by atoms with van der Waals surface area (Å²) < 4.78 is 0. The number of aliphatic carboxylic acids is 1. The molecule has 0 fully saturated rings. The summed E-state index contributed by atoms with van der Waals surface area (Å²) in [5.74, 6) is -3.16. The second-order valence-electron chi connectivity index (χ2n) is 8.01. The van der Waals surface area contributed by atoms with Gasteiger partial charge in [-0.3, -0.25) is 14.4 Å². The van der Waals surface area contributed by atoms with Gasteiger partial charge in [0.1, 0.15) is 12.1 Å². The van der Waals surface area contributed by atoms with Gasteiger partial charge in [-0.1, -0.05) is 64.4 Å². The number of nitrogens with one attached hydrogen (secondary N) is 3. The van der Waals surface area contributed by atoms with Gasteiger partial charge < -0.3 is 26.8 Å². The van der Waals surface area contributed by atoms with Crippen molar-refractivity contribution in [2.75, 3.05) is 6.54 Å². The molecule has 6 N–H and O–H groups in total. The van der Waals surface area contributed by atoms with Crippen LogP contribution in [0.2, 0.25) is 0 Å². The maximum atomic E-state index is 12.8. The Morgan fingerprint density at radius 2 is 1.61 bits per heavy atom. The molecule has 172 valence electrons. The fourth-order valence-corrected chi connectivity index (χ4v) is 2.87. The van der Waals surface area contributed by atoms with Gasteiger partial charge in [-0.25, -0.2) is 4.79 Å². The number of hydrogen-bond acceptors (Lipinski definition) is 5. The van der Waals surface area contributed by atoms with Crippen molar-refractivity contribution in [1.82, 2.24) is 16.0 Å². The average Bonchev–Trinajstić information content (AvgIpc) is 2.74. The molecule has 0 radical (unpaired) electrons. The SMILES string of the molecule is CCC(C)C(N)C(=O)NCC(=O)NC(Cc1ccccc1)C(=O)NC(C(=O)O)C(C)C. The minimum absolute atomic E-state index is 0.0383. The van der Waals surface area contributed by atoms with Gasteiger partial charge in [0.15, 0.2) is 0 Å². The topological polar surface area (TPSA) is 151 Å². The third-order valence-electron chi connectivity index (χ3n) is 5.15. The van der Waals surface area contributed by atoms with Crippen LogP contribution in [-0.2, 0) is 25.6 Å². The van der Waals surface area contributed by atoms with Gasteiger partial charge in [0.2, 0.25) is 17.7 Å². The Labute approximate surface area is 183 Å². The summed E-state index contributed by atoms with van der Waals surface area (Å²) in [5, 5.41) is 16.9. The Balaban J connectivity index is 2.84. The van der Waals surface area contributed by atoms with Crippen molar-refractivity contribution in [1.29, 1.82) is 0 Å². The van der Waals surface area contributed by atoms with Crippen LogP contribution in [0.3, 0.4) is 0 Å². The molecule has 0 saturated heterocycles. The van der Waals surface area contributed by atoms with Crippen molar-refractivity contribution in [3.05, 3.63) is 35.9 Å². The summed E-state index contributed by atoms with van der Waals surface area (Å²) in [6.07, 6.45) is 0.893. The summed E-state index contributed by atoms with van der Waals surface area (Å²) in [7, 11) is 0. The molecule has 9 heteroatoms. The zero-order chi connectivity index (χ0) is 23.6. The Morgan fingerprint density at radius 3 is 2.13 bits per heavy atom. The summed E-state index contributed by atoms with van der Waals surface area (Å²) in [6, 6.07) is 6.21. The lowest BCUT2D eigenvalue weighted by molar-refractivity contribution is -0.143. The number of amides is 3. The van der Waals surface area contributed by atoms with Crippen LogP contribution in [0.15, 0.2) is 30.3 Å². The zero-order valence-electron chi connectivity index (χ0n) is 18.6. The second kappa shape index (κ2) is 12.7. The standard InChI is InChI=1S/C22H34N4O5/c1-5-14(4)18(23)21(29)24-12-17(27)25-16(11-15-9-7-6-8-10-15)20(28)26-19(13(2)3)22(30)31/h6-10,13-14,16,18-19H,5,11-12,23H2,1-4H3,(H,24,29)(H,25,27)(H,26,28)(H,30,31). The Kier molecular flexibility index (Phi) is 10.7. The van der Waals surface area contributed by atoms with Gasteiger partial charge >= 0.3 is 5.97 Å². The lowest BCUT2D eigenvalue weighted by Crippen LogP contribution is -2.55. The molecule has 4 unspecified atom stereocenters. The molecular weight excluding hydrogens is 400 g/mol. The van der Waals surface area contributed by atoms with Crippen molar-refractivity contribution >= 4 is 23.7 Å². The van der Waals surface area contributed by atoms with Crippen molar-refractivity contribution < 1.29 is 24.3 Å². The first-order valence-corrected chi connectivity index (χ1v) is 10.5. The molecule has 0 aliphatic carbocycles. The fourth-order valence-electron chi connectivity index (χ4n) is 2.87. The lowest BCUT2D eigenvalue weighted by Gasteiger charge is -2.24. The first-order valence-electron chi connectivity index (χ1n) is 10.5. The van der Waals surface area contributed by atoms with Gasteiger partial charge in [-0.2, -0.15) is 0 Å². The molecule has 0 aliphatic heterocycles. The summed E-state index contributed by atoms with van der Waals surface area (Å²) >= 11 is 0. The normalized spacial score (nSPS) is 14.8. The molecule has 1 aromatic rings. The number of carbonyl (C=O) groups excluding carboxylic acids is 3. The number of carboxylic acid groups (broad SMARTS) is 1. The van der Waals surface area contributed by atoms with Crippen LogP contribution in [-0.4, -0.2) is 53.5 Å². The van der Waals surface area contributed by atoms with E-state index in [2.05, 4.69) is 16.0 Å². The van der Waals surface area contributed by atoms with Gasteiger partial charge in [0.05, 0.1) is 12.6 Å². The fraction of sp³-hybridized carbons (Fsp3) is 0.545. The van der Waals surface area contributed by atoms with Crippen LogP contribution >= 0.6 is 0 Å². The number of carbonyl (C=O) groups is 4. The highest BCUT2D eigenvalue weighted by molar-refractivity contribution is 5.92. The van der Waals surface area contributed by atoms with E-state index in [0.717, 1.165) is 12.0 Å². The molecule has 1 aromatic carbocycles.